The van der Waals surface area contributed by atoms with Crippen molar-refractivity contribution >= 4 is 39.7 Å². The summed E-state index contributed by atoms with van der Waals surface area (Å²) >= 11 is 13.8. The van der Waals surface area contributed by atoms with Gasteiger partial charge in [-0.2, -0.15) is 0 Å². The molecule has 0 saturated carbocycles. The molecule has 25 heavy (non-hydrogen) atoms. The van der Waals surface area contributed by atoms with Crippen LogP contribution in [0.1, 0.15) is 11.1 Å². The number of nitrogens with zero attached hydrogens (tertiary/aromatic N) is 1. The number of nitrogens with one attached hydrogen (secondary N) is 1. The zero-order valence-corrected chi connectivity index (χ0v) is 15.8. The SMILES string of the molecule is COc1cc(CNc2nccs2)cc(Cl)c1OCc1ccc(Cl)cc1. The van der Waals surface area contributed by atoms with Gasteiger partial charge in [-0.05, 0) is 35.4 Å². The van der Waals surface area contributed by atoms with Gasteiger partial charge in [-0.15, -0.1) is 11.3 Å². The van der Waals surface area contributed by atoms with E-state index in [2.05, 4.69) is 10.3 Å². The summed E-state index contributed by atoms with van der Waals surface area (Å²) in [6.45, 7) is 0.977. The molecule has 0 saturated heterocycles. The lowest BCUT2D eigenvalue weighted by atomic mass is 10.2. The van der Waals surface area contributed by atoms with E-state index in [1.54, 1.807) is 24.6 Å². The Morgan fingerprint density at radius 2 is 1.92 bits per heavy atom. The van der Waals surface area contributed by atoms with E-state index in [1.807, 2.05) is 41.8 Å². The third kappa shape index (κ3) is 4.78. The van der Waals surface area contributed by atoms with Gasteiger partial charge in [0.15, 0.2) is 16.6 Å². The number of hydrogen-bond donors (Lipinski definition) is 1. The second kappa shape index (κ2) is 8.43. The number of halogens is 2. The average molecular weight is 395 g/mol. The fourth-order valence-corrected chi connectivity index (χ4v) is 3.18. The van der Waals surface area contributed by atoms with Crippen LogP contribution in [0.2, 0.25) is 10.0 Å². The Labute approximate surface area is 160 Å². The zero-order chi connectivity index (χ0) is 17.6. The van der Waals surface area contributed by atoms with Crippen LogP contribution in [0, 0.1) is 0 Å². The highest BCUT2D eigenvalue weighted by Gasteiger charge is 2.12. The van der Waals surface area contributed by atoms with E-state index >= 15 is 0 Å². The van der Waals surface area contributed by atoms with E-state index in [1.165, 1.54) is 0 Å². The standard InChI is InChI=1S/C18H16Cl2N2O2S/c1-23-16-9-13(10-22-18-21-6-7-25-18)8-15(20)17(16)24-11-12-2-4-14(19)5-3-12/h2-9H,10-11H2,1H3,(H,21,22). The summed E-state index contributed by atoms with van der Waals surface area (Å²) in [6, 6.07) is 11.2. The number of benzene rings is 2. The third-order valence-corrected chi connectivity index (χ3v) is 4.73. The molecule has 3 aromatic rings. The second-order valence-electron chi connectivity index (χ2n) is 5.21. The van der Waals surface area contributed by atoms with Crippen LogP contribution in [0.3, 0.4) is 0 Å². The molecule has 0 aliphatic heterocycles. The third-order valence-electron chi connectivity index (χ3n) is 3.46. The van der Waals surface area contributed by atoms with Gasteiger partial charge in [0.05, 0.1) is 12.1 Å². The summed E-state index contributed by atoms with van der Waals surface area (Å²) in [6.07, 6.45) is 1.76. The van der Waals surface area contributed by atoms with Gasteiger partial charge in [-0.25, -0.2) is 4.98 Å². The average Bonchev–Trinajstić information content (AvgIpc) is 3.13. The number of hydrogen-bond acceptors (Lipinski definition) is 5. The maximum Gasteiger partial charge on any atom is 0.182 e. The van der Waals surface area contributed by atoms with Crippen LogP contribution < -0.4 is 14.8 Å². The van der Waals surface area contributed by atoms with Crippen LogP contribution >= 0.6 is 34.5 Å². The maximum absolute atomic E-state index is 6.40. The van der Waals surface area contributed by atoms with Crippen LogP contribution in [-0.2, 0) is 13.2 Å². The first-order chi connectivity index (χ1) is 12.2. The lowest BCUT2D eigenvalue weighted by Gasteiger charge is -2.14. The molecule has 0 aliphatic carbocycles. The number of rotatable bonds is 7. The van der Waals surface area contributed by atoms with E-state index in [0.717, 1.165) is 16.3 Å². The van der Waals surface area contributed by atoms with Gasteiger partial charge in [-0.3, -0.25) is 0 Å². The van der Waals surface area contributed by atoms with E-state index in [4.69, 9.17) is 32.7 Å². The molecule has 0 aliphatic rings. The molecule has 0 atom stereocenters. The number of aromatic nitrogens is 1. The Balaban J connectivity index is 1.71. The zero-order valence-electron chi connectivity index (χ0n) is 13.5. The summed E-state index contributed by atoms with van der Waals surface area (Å²) in [5.74, 6) is 1.12. The van der Waals surface area contributed by atoms with E-state index < -0.39 is 0 Å². The van der Waals surface area contributed by atoms with Crippen molar-refractivity contribution in [1.29, 1.82) is 0 Å². The molecule has 0 unspecified atom stereocenters. The lowest BCUT2D eigenvalue weighted by molar-refractivity contribution is 0.284. The fourth-order valence-electron chi connectivity index (χ4n) is 2.24. The summed E-state index contributed by atoms with van der Waals surface area (Å²) in [4.78, 5) is 4.19. The fraction of sp³-hybridized carbons (Fsp3) is 0.167. The number of anilines is 1. The minimum absolute atomic E-state index is 0.379. The lowest BCUT2D eigenvalue weighted by Crippen LogP contribution is -2.02. The van der Waals surface area contributed by atoms with Crippen LogP contribution in [0.5, 0.6) is 11.5 Å². The summed E-state index contributed by atoms with van der Waals surface area (Å²) < 4.78 is 11.3. The molecule has 1 heterocycles. The van der Waals surface area contributed by atoms with Gasteiger partial charge in [0, 0.05) is 23.1 Å². The summed E-state index contributed by atoms with van der Waals surface area (Å²) in [7, 11) is 1.60. The molecule has 7 heteroatoms. The normalized spacial score (nSPS) is 10.5. The van der Waals surface area contributed by atoms with Crippen LogP contribution in [0.25, 0.3) is 0 Å². The Morgan fingerprint density at radius 3 is 2.60 bits per heavy atom. The van der Waals surface area contributed by atoms with Gasteiger partial charge in [0.1, 0.15) is 6.61 Å². The van der Waals surface area contributed by atoms with Crippen molar-refractivity contribution in [2.75, 3.05) is 12.4 Å². The molecular formula is C18H16Cl2N2O2S. The number of thiazole rings is 1. The first kappa shape index (κ1) is 17.9. The quantitative estimate of drug-likeness (QED) is 0.562. The van der Waals surface area contributed by atoms with E-state index in [9.17, 15) is 0 Å². The molecule has 1 N–H and O–H groups in total. The van der Waals surface area contributed by atoms with Crippen LogP contribution in [-0.4, -0.2) is 12.1 Å². The minimum atomic E-state index is 0.379. The van der Waals surface area contributed by atoms with Crippen LogP contribution in [0.4, 0.5) is 5.13 Å². The van der Waals surface area contributed by atoms with Crippen molar-refractivity contribution in [3.8, 4) is 11.5 Å². The van der Waals surface area contributed by atoms with Gasteiger partial charge < -0.3 is 14.8 Å². The number of ether oxygens (including phenoxy) is 2. The van der Waals surface area contributed by atoms with Crippen LogP contribution in [0.15, 0.2) is 48.0 Å². The largest absolute Gasteiger partial charge is 0.493 e. The topological polar surface area (TPSA) is 43.4 Å². The van der Waals surface area contributed by atoms with Crippen molar-refractivity contribution < 1.29 is 9.47 Å². The predicted octanol–water partition coefficient (Wildman–Crippen LogP) is 5.65. The van der Waals surface area contributed by atoms with Gasteiger partial charge >= 0.3 is 0 Å². The Bertz CT molecular complexity index is 824. The summed E-state index contributed by atoms with van der Waals surface area (Å²) in [5.41, 5.74) is 1.98. The molecule has 4 nitrogen and oxygen atoms in total. The summed E-state index contributed by atoms with van der Waals surface area (Å²) in [5, 5.41) is 7.22. The molecular weight excluding hydrogens is 379 g/mol. The van der Waals surface area contributed by atoms with Crippen molar-refractivity contribution in [2.24, 2.45) is 0 Å². The van der Waals surface area contributed by atoms with Crippen molar-refractivity contribution in [3.05, 3.63) is 69.1 Å². The van der Waals surface area contributed by atoms with E-state index in [0.29, 0.717) is 34.7 Å². The Morgan fingerprint density at radius 1 is 1.12 bits per heavy atom. The highest BCUT2D eigenvalue weighted by molar-refractivity contribution is 7.13. The monoisotopic (exact) mass is 394 g/mol. The smallest absolute Gasteiger partial charge is 0.182 e. The molecule has 2 aromatic carbocycles. The molecule has 0 bridgehead atoms. The first-order valence-corrected chi connectivity index (χ1v) is 9.16. The molecule has 0 amide bonds. The highest BCUT2D eigenvalue weighted by Crippen LogP contribution is 2.37. The predicted molar refractivity (Wildman–Crippen MR) is 103 cm³/mol. The molecule has 3 rings (SSSR count). The Kier molecular flexibility index (Phi) is 6.02. The molecule has 0 radical (unpaired) electrons. The van der Waals surface area contributed by atoms with E-state index in [-0.39, 0.29) is 0 Å². The van der Waals surface area contributed by atoms with Crippen molar-refractivity contribution in [2.45, 2.75) is 13.2 Å². The van der Waals surface area contributed by atoms with Gasteiger partial charge in [0.2, 0.25) is 0 Å². The molecule has 0 fully saturated rings. The highest BCUT2D eigenvalue weighted by atomic mass is 35.5. The maximum atomic E-state index is 6.40. The molecule has 130 valence electrons. The first-order valence-electron chi connectivity index (χ1n) is 7.52. The van der Waals surface area contributed by atoms with Crippen molar-refractivity contribution in [1.82, 2.24) is 4.98 Å². The van der Waals surface area contributed by atoms with Gasteiger partial charge in [-0.1, -0.05) is 35.3 Å². The van der Waals surface area contributed by atoms with Gasteiger partial charge in [0.25, 0.3) is 0 Å². The molecule has 1 aromatic heterocycles. The van der Waals surface area contributed by atoms with Crippen molar-refractivity contribution in [3.63, 3.8) is 0 Å². The molecule has 0 spiro atoms. The second-order valence-corrected chi connectivity index (χ2v) is 6.95. The number of methoxy groups -OCH3 is 1. The minimum Gasteiger partial charge on any atom is -0.493 e. The Hall–Kier alpha value is -1.95.